The third-order valence-electron chi connectivity index (χ3n) is 4.39. The number of benzene rings is 1. The smallest absolute Gasteiger partial charge is 0.317 e. The van der Waals surface area contributed by atoms with Gasteiger partial charge >= 0.3 is 6.03 Å². The van der Waals surface area contributed by atoms with Crippen molar-refractivity contribution in [2.45, 2.75) is 26.2 Å². The third-order valence-corrected chi connectivity index (χ3v) is 4.39. The second-order valence-corrected chi connectivity index (χ2v) is 6.45. The first kappa shape index (κ1) is 18.8. The Morgan fingerprint density at radius 1 is 1.08 bits per heavy atom. The van der Waals surface area contributed by atoms with Crippen LogP contribution >= 0.6 is 0 Å². The average molecular weight is 346 g/mol. The number of hydrogen-bond acceptors (Lipinski definition) is 3. The summed E-state index contributed by atoms with van der Waals surface area (Å²) >= 11 is 0. The number of carbonyl (C=O) groups is 3. The predicted octanol–water partition coefficient (Wildman–Crippen LogP) is 1.02. The van der Waals surface area contributed by atoms with Gasteiger partial charge in [0.25, 0.3) is 5.91 Å². The highest BCUT2D eigenvalue weighted by molar-refractivity contribution is 5.94. The fraction of sp³-hybridized carbons (Fsp3) is 0.500. The van der Waals surface area contributed by atoms with E-state index < -0.39 is 0 Å². The highest BCUT2D eigenvalue weighted by Crippen LogP contribution is 2.19. The number of primary amides is 1. The van der Waals surface area contributed by atoms with Gasteiger partial charge < -0.3 is 21.3 Å². The SMILES string of the molecule is Cc1ccc(C(=O)NCCNC(=O)N2CCC(CC(N)=O)CC2)cc1. The number of amides is 4. The molecule has 2 rings (SSSR count). The lowest BCUT2D eigenvalue weighted by atomic mass is 9.93. The van der Waals surface area contributed by atoms with Gasteiger partial charge in [-0.3, -0.25) is 9.59 Å². The minimum atomic E-state index is -0.285. The number of urea groups is 1. The van der Waals surface area contributed by atoms with Crippen LogP contribution in [-0.2, 0) is 4.79 Å². The summed E-state index contributed by atoms with van der Waals surface area (Å²) < 4.78 is 0. The minimum Gasteiger partial charge on any atom is -0.370 e. The highest BCUT2D eigenvalue weighted by Gasteiger charge is 2.23. The van der Waals surface area contributed by atoms with Crippen LogP contribution in [0.5, 0.6) is 0 Å². The summed E-state index contributed by atoms with van der Waals surface area (Å²) in [5, 5.41) is 5.59. The topological polar surface area (TPSA) is 105 Å². The van der Waals surface area contributed by atoms with E-state index in [0.29, 0.717) is 38.2 Å². The molecule has 0 aromatic heterocycles. The van der Waals surface area contributed by atoms with Crippen LogP contribution in [0.25, 0.3) is 0 Å². The summed E-state index contributed by atoms with van der Waals surface area (Å²) in [6.45, 7) is 3.96. The van der Waals surface area contributed by atoms with Crippen molar-refractivity contribution in [3.8, 4) is 0 Å². The van der Waals surface area contributed by atoms with E-state index in [1.54, 1.807) is 17.0 Å². The molecule has 4 amide bonds. The second-order valence-electron chi connectivity index (χ2n) is 6.45. The Morgan fingerprint density at radius 2 is 1.68 bits per heavy atom. The van der Waals surface area contributed by atoms with Gasteiger partial charge in [0.1, 0.15) is 0 Å². The number of aryl methyl sites for hydroxylation is 1. The summed E-state index contributed by atoms with van der Waals surface area (Å²) in [5.74, 6) is -0.163. The Balaban J connectivity index is 1.63. The normalized spacial score (nSPS) is 14.8. The lowest BCUT2D eigenvalue weighted by Gasteiger charge is -2.31. The molecule has 0 saturated carbocycles. The van der Waals surface area contributed by atoms with E-state index in [9.17, 15) is 14.4 Å². The molecule has 4 N–H and O–H groups in total. The number of likely N-dealkylation sites (tertiary alicyclic amines) is 1. The first-order valence-electron chi connectivity index (χ1n) is 8.61. The average Bonchev–Trinajstić information content (AvgIpc) is 2.59. The van der Waals surface area contributed by atoms with Crippen molar-refractivity contribution in [2.75, 3.05) is 26.2 Å². The minimum absolute atomic E-state index is 0.137. The largest absolute Gasteiger partial charge is 0.370 e. The maximum Gasteiger partial charge on any atom is 0.317 e. The molecule has 136 valence electrons. The molecule has 0 bridgehead atoms. The van der Waals surface area contributed by atoms with E-state index in [2.05, 4.69) is 10.6 Å². The maximum absolute atomic E-state index is 12.1. The van der Waals surface area contributed by atoms with Crippen molar-refractivity contribution in [2.24, 2.45) is 11.7 Å². The van der Waals surface area contributed by atoms with Gasteiger partial charge in [-0.2, -0.15) is 0 Å². The van der Waals surface area contributed by atoms with Crippen molar-refractivity contribution in [1.82, 2.24) is 15.5 Å². The molecule has 0 atom stereocenters. The number of nitrogens with two attached hydrogens (primary N) is 1. The lowest BCUT2D eigenvalue weighted by molar-refractivity contribution is -0.119. The molecule has 1 fully saturated rings. The van der Waals surface area contributed by atoms with E-state index in [0.717, 1.165) is 18.4 Å². The molecule has 7 heteroatoms. The summed E-state index contributed by atoms with van der Waals surface area (Å²) in [5.41, 5.74) is 6.91. The van der Waals surface area contributed by atoms with Crippen LogP contribution in [0.2, 0.25) is 0 Å². The van der Waals surface area contributed by atoms with Crippen molar-refractivity contribution >= 4 is 17.8 Å². The Kier molecular flexibility index (Phi) is 6.80. The van der Waals surface area contributed by atoms with Crippen LogP contribution in [0.3, 0.4) is 0 Å². The molecular formula is C18H26N4O3. The molecule has 7 nitrogen and oxygen atoms in total. The number of rotatable bonds is 6. The van der Waals surface area contributed by atoms with Crippen molar-refractivity contribution in [3.63, 3.8) is 0 Å². The molecule has 0 aliphatic carbocycles. The van der Waals surface area contributed by atoms with Crippen LogP contribution in [0.4, 0.5) is 4.79 Å². The number of nitrogens with one attached hydrogen (secondary N) is 2. The quantitative estimate of drug-likeness (QED) is 0.670. The van der Waals surface area contributed by atoms with E-state index in [1.807, 2.05) is 19.1 Å². The Bertz CT molecular complexity index is 607. The van der Waals surface area contributed by atoms with E-state index >= 15 is 0 Å². The first-order chi connectivity index (χ1) is 12.0. The van der Waals surface area contributed by atoms with Gasteiger partial charge in [-0.25, -0.2) is 4.79 Å². The van der Waals surface area contributed by atoms with Gasteiger partial charge in [-0.05, 0) is 37.8 Å². The molecule has 1 aliphatic rings. The fourth-order valence-electron chi connectivity index (χ4n) is 2.89. The molecule has 1 aromatic carbocycles. The highest BCUT2D eigenvalue weighted by atomic mass is 16.2. The van der Waals surface area contributed by atoms with E-state index in [1.165, 1.54) is 0 Å². The van der Waals surface area contributed by atoms with E-state index in [-0.39, 0.29) is 23.8 Å². The Labute approximate surface area is 147 Å². The molecule has 0 radical (unpaired) electrons. The summed E-state index contributed by atoms with van der Waals surface area (Å²) in [6.07, 6.45) is 1.97. The summed E-state index contributed by atoms with van der Waals surface area (Å²) in [7, 11) is 0. The maximum atomic E-state index is 12.1. The van der Waals surface area contributed by atoms with Gasteiger partial charge in [0, 0.05) is 38.2 Å². The van der Waals surface area contributed by atoms with Crippen LogP contribution in [0.15, 0.2) is 24.3 Å². The van der Waals surface area contributed by atoms with Crippen molar-refractivity contribution < 1.29 is 14.4 Å². The zero-order valence-electron chi connectivity index (χ0n) is 14.6. The number of carbonyl (C=O) groups excluding carboxylic acids is 3. The van der Waals surface area contributed by atoms with Crippen molar-refractivity contribution in [3.05, 3.63) is 35.4 Å². The van der Waals surface area contributed by atoms with Gasteiger partial charge in [0.05, 0.1) is 0 Å². The fourth-order valence-corrected chi connectivity index (χ4v) is 2.89. The van der Waals surface area contributed by atoms with Gasteiger partial charge in [0.2, 0.25) is 5.91 Å². The molecule has 1 aliphatic heterocycles. The summed E-state index contributed by atoms with van der Waals surface area (Å²) in [4.78, 5) is 36.7. The third kappa shape index (κ3) is 6.10. The summed E-state index contributed by atoms with van der Waals surface area (Å²) in [6, 6.07) is 7.19. The number of piperidine rings is 1. The Hall–Kier alpha value is -2.57. The monoisotopic (exact) mass is 346 g/mol. The molecule has 1 aromatic rings. The zero-order chi connectivity index (χ0) is 18.2. The second kappa shape index (κ2) is 9.05. The number of nitrogens with zero attached hydrogens (tertiary/aromatic N) is 1. The van der Waals surface area contributed by atoms with Gasteiger partial charge in [-0.1, -0.05) is 17.7 Å². The predicted molar refractivity (Wildman–Crippen MR) is 95.0 cm³/mol. The molecule has 0 unspecified atom stereocenters. The number of hydrogen-bond donors (Lipinski definition) is 3. The van der Waals surface area contributed by atoms with E-state index in [4.69, 9.17) is 5.73 Å². The first-order valence-corrected chi connectivity index (χ1v) is 8.61. The van der Waals surface area contributed by atoms with Crippen LogP contribution in [0.1, 0.15) is 35.2 Å². The van der Waals surface area contributed by atoms with Crippen molar-refractivity contribution in [1.29, 1.82) is 0 Å². The Morgan fingerprint density at radius 3 is 2.28 bits per heavy atom. The zero-order valence-corrected chi connectivity index (χ0v) is 14.6. The standard InChI is InChI=1S/C18H26N4O3/c1-13-2-4-15(5-3-13)17(24)20-8-9-21-18(25)22-10-6-14(7-11-22)12-16(19)23/h2-5,14H,6-12H2,1H3,(H2,19,23)(H,20,24)(H,21,25). The lowest BCUT2D eigenvalue weighted by Crippen LogP contribution is -2.46. The molecule has 1 saturated heterocycles. The molecule has 25 heavy (non-hydrogen) atoms. The van der Waals surface area contributed by atoms with Gasteiger partial charge in [0.15, 0.2) is 0 Å². The molecular weight excluding hydrogens is 320 g/mol. The molecule has 1 heterocycles. The van der Waals surface area contributed by atoms with Crippen LogP contribution in [-0.4, -0.2) is 48.9 Å². The van der Waals surface area contributed by atoms with Gasteiger partial charge in [-0.15, -0.1) is 0 Å². The molecule has 0 spiro atoms. The van der Waals surface area contributed by atoms with Crippen LogP contribution in [0, 0.1) is 12.8 Å². The van der Waals surface area contributed by atoms with Crippen LogP contribution < -0.4 is 16.4 Å².